The summed E-state index contributed by atoms with van der Waals surface area (Å²) in [6.45, 7) is 9.99. The molecule has 0 aromatic carbocycles. The van der Waals surface area contributed by atoms with Crippen LogP contribution in [0.1, 0.15) is 85.5 Å². The van der Waals surface area contributed by atoms with Crippen LogP contribution in [-0.4, -0.2) is 0 Å². The van der Waals surface area contributed by atoms with Crippen LogP contribution in [0.4, 0.5) is 0 Å². The molecule has 0 amide bonds. The van der Waals surface area contributed by atoms with E-state index < -0.39 is 0 Å². The van der Waals surface area contributed by atoms with E-state index >= 15 is 0 Å². The van der Waals surface area contributed by atoms with Gasteiger partial charge in [0.15, 0.2) is 0 Å². The van der Waals surface area contributed by atoms with Gasteiger partial charge in [-0.05, 0) is 48.3 Å². The maximum atomic E-state index is 2.56. The summed E-state index contributed by atoms with van der Waals surface area (Å²) < 4.78 is 0. The molecule has 2 saturated carbocycles. The summed E-state index contributed by atoms with van der Waals surface area (Å²) in [7, 11) is 0. The molecular weight excluding hydrogens is 216 g/mol. The first-order chi connectivity index (χ1) is 8.47. The van der Waals surface area contributed by atoms with Crippen LogP contribution < -0.4 is 0 Å². The number of hydrogen-bond acceptors (Lipinski definition) is 0. The summed E-state index contributed by atoms with van der Waals surface area (Å²) in [4.78, 5) is 0. The van der Waals surface area contributed by atoms with E-state index in [9.17, 15) is 0 Å². The number of hydrogen-bond donors (Lipinski definition) is 0. The fourth-order valence-corrected chi connectivity index (χ4v) is 4.49. The zero-order valence-corrected chi connectivity index (χ0v) is 13.2. The van der Waals surface area contributed by atoms with Crippen LogP contribution in [0, 0.1) is 29.1 Å². The monoisotopic (exact) mass is 250 g/mol. The molecular formula is C18H34. The van der Waals surface area contributed by atoms with Gasteiger partial charge in [-0.2, -0.15) is 0 Å². The molecule has 0 N–H and O–H groups in total. The van der Waals surface area contributed by atoms with E-state index in [0.717, 1.165) is 23.7 Å². The van der Waals surface area contributed by atoms with Crippen molar-refractivity contribution in [2.45, 2.75) is 85.5 Å². The van der Waals surface area contributed by atoms with Gasteiger partial charge in [0.1, 0.15) is 0 Å². The second-order valence-electron chi connectivity index (χ2n) is 8.28. The molecule has 2 aliphatic rings. The first kappa shape index (κ1) is 14.4. The molecule has 106 valence electrons. The maximum Gasteiger partial charge on any atom is -0.0323 e. The van der Waals surface area contributed by atoms with Crippen molar-refractivity contribution >= 4 is 0 Å². The Kier molecular flexibility index (Phi) is 4.78. The third-order valence-electron chi connectivity index (χ3n) is 6.07. The molecule has 0 atom stereocenters. The maximum absolute atomic E-state index is 2.56. The van der Waals surface area contributed by atoms with Gasteiger partial charge in [-0.1, -0.05) is 66.2 Å². The van der Waals surface area contributed by atoms with Gasteiger partial charge >= 0.3 is 0 Å². The lowest BCUT2D eigenvalue weighted by atomic mass is 9.64. The van der Waals surface area contributed by atoms with E-state index in [-0.39, 0.29) is 0 Å². The van der Waals surface area contributed by atoms with Crippen LogP contribution in [-0.2, 0) is 0 Å². The SMILES string of the molecule is CC1CCC(CC(C)(C)C2CCC(C)CC2)CC1. The second kappa shape index (κ2) is 5.97. The topological polar surface area (TPSA) is 0 Å². The first-order valence-electron chi connectivity index (χ1n) is 8.47. The Hall–Kier alpha value is 0. The smallest absolute Gasteiger partial charge is 0.0323 e. The summed E-state index contributed by atoms with van der Waals surface area (Å²) in [5.74, 6) is 4.04. The molecule has 0 unspecified atom stereocenters. The lowest BCUT2D eigenvalue weighted by molar-refractivity contribution is 0.0924. The van der Waals surface area contributed by atoms with Crippen molar-refractivity contribution in [3.05, 3.63) is 0 Å². The summed E-state index contributed by atoms with van der Waals surface area (Å²) in [5, 5.41) is 0. The van der Waals surface area contributed by atoms with Gasteiger partial charge in [0.05, 0.1) is 0 Å². The summed E-state index contributed by atoms with van der Waals surface area (Å²) >= 11 is 0. The normalized spacial score (nSPS) is 38.7. The fourth-order valence-electron chi connectivity index (χ4n) is 4.49. The standard InChI is InChI=1S/C18H34/c1-14-5-9-16(10-6-14)13-18(3,4)17-11-7-15(2)8-12-17/h14-17H,5-13H2,1-4H3. The summed E-state index contributed by atoms with van der Waals surface area (Å²) in [6.07, 6.45) is 13.4. The molecule has 2 rings (SSSR count). The largest absolute Gasteiger partial charge is 0.0625 e. The lowest BCUT2D eigenvalue weighted by Gasteiger charge is -2.42. The summed E-state index contributed by atoms with van der Waals surface area (Å²) in [6, 6.07) is 0. The predicted octanol–water partition coefficient (Wildman–Crippen LogP) is 6.06. The molecule has 2 fully saturated rings. The van der Waals surface area contributed by atoms with E-state index in [2.05, 4.69) is 27.7 Å². The molecule has 0 heteroatoms. The minimum Gasteiger partial charge on any atom is -0.0625 e. The van der Waals surface area contributed by atoms with Crippen molar-refractivity contribution < 1.29 is 0 Å². The predicted molar refractivity (Wildman–Crippen MR) is 80.6 cm³/mol. The van der Waals surface area contributed by atoms with Crippen molar-refractivity contribution in [3.63, 3.8) is 0 Å². The van der Waals surface area contributed by atoms with Gasteiger partial charge in [0.25, 0.3) is 0 Å². The van der Waals surface area contributed by atoms with Gasteiger partial charge in [0, 0.05) is 0 Å². The van der Waals surface area contributed by atoms with E-state index in [1.165, 1.54) is 57.8 Å². The molecule has 2 aliphatic carbocycles. The van der Waals surface area contributed by atoms with Crippen LogP contribution in [0.15, 0.2) is 0 Å². The van der Waals surface area contributed by atoms with E-state index in [0.29, 0.717) is 5.41 Å². The quantitative estimate of drug-likeness (QED) is 0.571. The minimum absolute atomic E-state index is 0.603. The molecule has 0 aromatic rings. The number of rotatable bonds is 3. The fraction of sp³-hybridized carbons (Fsp3) is 1.00. The zero-order valence-electron chi connectivity index (χ0n) is 13.2. The van der Waals surface area contributed by atoms with Crippen molar-refractivity contribution in [1.82, 2.24) is 0 Å². The van der Waals surface area contributed by atoms with Gasteiger partial charge in [-0.25, -0.2) is 0 Å². The Bertz CT molecular complexity index is 237. The average Bonchev–Trinajstić information content (AvgIpc) is 2.32. The Morgan fingerprint density at radius 2 is 1.17 bits per heavy atom. The van der Waals surface area contributed by atoms with Gasteiger partial charge < -0.3 is 0 Å². The highest BCUT2D eigenvalue weighted by molar-refractivity contribution is 4.85. The third-order valence-corrected chi connectivity index (χ3v) is 6.07. The van der Waals surface area contributed by atoms with Crippen molar-refractivity contribution in [2.75, 3.05) is 0 Å². The highest BCUT2D eigenvalue weighted by Gasteiger charge is 2.34. The van der Waals surface area contributed by atoms with Crippen molar-refractivity contribution in [3.8, 4) is 0 Å². The molecule has 0 aliphatic heterocycles. The van der Waals surface area contributed by atoms with E-state index in [4.69, 9.17) is 0 Å². The molecule has 0 saturated heterocycles. The molecule has 0 spiro atoms. The highest BCUT2D eigenvalue weighted by Crippen LogP contribution is 2.46. The van der Waals surface area contributed by atoms with E-state index in [1.54, 1.807) is 0 Å². The van der Waals surface area contributed by atoms with Gasteiger partial charge in [-0.3, -0.25) is 0 Å². The Morgan fingerprint density at radius 3 is 1.67 bits per heavy atom. The summed E-state index contributed by atoms with van der Waals surface area (Å²) in [5.41, 5.74) is 0.603. The zero-order chi connectivity index (χ0) is 13.2. The van der Waals surface area contributed by atoms with Crippen molar-refractivity contribution in [1.29, 1.82) is 0 Å². The van der Waals surface area contributed by atoms with Gasteiger partial charge in [-0.15, -0.1) is 0 Å². The molecule has 0 bridgehead atoms. The molecule has 0 aromatic heterocycles. The van der Waals surface area contributed by atoms with Crippen LogP contribution in [0.3, 0.4) is 0 Å². The van der Waals surface area contributed by atoms with Crippen molar-refractivity contribution in [2.24, 2.45) is 29.1 Å². The molecule has 0 radical (unpaired) electrons. The van der Waals surface area contributed by atoms with Crippen LogP contribution in [0.2, 0.25) is 0 Å². The Balaban J connectivity index is 1.82. The average molecular weight is 250 g/mol. The lowest BCUT2D eigenvalue weighted by Crippen LogP contribution is -2.31. The third kappa shape index (κ3) is 3.75. The highest BCUT2D eigenvalue weighted by atomic mass is 14.4. The molecule has 0 heterocycles. The van der Waals surface area contributed by atoms with E-state index in [1.807, 2.05) is 0 Å². The first-order valence-corrected chi connectivity index (χ1v) is 8.47. The van der Waals surface area contributed by atoms with Gasteiger partial charge in [0.2, 0.25) is 0 Å². The second-order valence-corrected chi connectivity index (χ2v) is 8.28. The Morgan fingerprint density at radius 1 is 0.722 bits per heavy atom. The van der Waals surface area contributed by atoms with Crippen LogP contribution in [0.25, 0.3) is 0 Å². The molecule has 0 nitrogen and oxygen atoms in total. The minimum atomic E-state index is 0.603. The Labute approximate surface area is 115 Å². The van der Waals surface area contributed by atoms with Crippen LogP contribution >= 0.6 is 0 Å². The van der Waals surface area contributed by atoms with Crippen LogP contribution in [0.5, 0.6) is 0 Å². The molecule has 18 heavy (non-hydrogen) atoms.